The highest BCUT2D eigenvalue weighted by Gasteiger charge is 2.64. The first-order chi connectivity index (χ1) is 6.85. The van der Waals surface area contributed by atoms with E-state index in [-0.39, 0.29) is 16.4 Å². The van der Waals surface area contributed by atoms with E-state index in [1.807, 2.05) is 0 Å². The lowest BCUT2D eigenvalue weighted by Crippen LogP contribution is -2.14. The lowest BCUT2D eigenvalue weighted by atomic mass is 10.0. The molecule has 0 aromatic carbocycles. The Hall–Kier alpha value is -1.32. The Morgan fingerprint density at radius 2 is 1.93 bits per heavy atom. The molecule has 82 valence electrons. The summed E-state index contributed by atoms with van der Waals surface area (Å²) in [7, 11) is 0. The SMILES string of the molecule is CC1(C)C(Nc2cn[nH]c(=O)c2)C1(C)C. The van der Waals surface area contributed by atoms with Crippen LogP contribution >= 0.6 is 0 Å². The number of nitrogens with one attached hydrogen (secondary N) is 2. The van der Waals surface area contributed by atoms with Gasteiger partial charge >= 0.3 is 0 Å². The van der Waals surface area contributed by atoms with E-state index in [2.05, 4.69) is 43.2 Å². The van der Waals surface area contributed by atoms with Gasteiger partial charge in [-0.2, -0.15) is 5.10 Å². The van der Waals surface area contributed by atoms with Gasteiger partial charge in [-0.25, -0.2) is 5.10 Å². The van der Waals surface area contributed by atoms with Crippen molar-refractivity contribution in [2.75, 3.05) is 5.32 Å². The van der Waals surface area contributed by atoms with Crippen molar-refractivity contribution in [3.63, 3.8) is 0 Å². The Bertz CT molecular complexity index is 419. The van der Waals surface area contributed by atoms with Crippen LogP contribution in [0.4, 0.5) is 5.69 Å². The van der Waals surface area contributed by atoms with Gasteiger partial charge in [0, 0.05) is 12.1 Å². The largest absolute Gasteiger partial charge is 0.380 e. The van der Waals surface area contributed by atoms with Gasteiger partial charge in [0.15, 0.2) is 0 Å². The summed E-state index contributed by atoms with van der Waals surface area (Å²) in [6.45, 7) is 8.91. The van der Waals surface area contributed by atoms with Gasteiger partial charge in [-0.1, -0.05) is 27.7 Å². The zero-order valence-corrected chi connectivity index (χ0v) is 9.59. The lowest BCUT2D eigenvalue weighted by Gasteiger charge is -2.06. The van der Waals surface area contributed by atoms with Gasteiger partial charge in [0.05, 0.1) is 11.9 Å². The molecule has 0 amide bonds. The average molecular weight is 207 g/mol. The number of hydrogen-bond acceptors (Lipinski definition) is 3. The maximum Gasteiger partial charge on any atom is 0.266 e. The molecule has 0 unspecified atom stereocenters. The Labute approximate surface area is 89.1 Å². The van der Waals surface area contributed by atoms with E-state index in [4.69, 9.17) is 0 Å². The highest BCUT2D eigenvalue weighted by molar-refractivity contribution is 5.45. The van der Waals surface area contributed by atoms with Crippen molar-refractivity contribution in [1.29, 1.82) is 0 Å². The third-order valence-electron chi connectivity index (χ3n) is 4.00. The van der Waals surface area contributed by atoms with Gasteiger partial charge < -0.3 is 5.32 Å². The van der Waals surface area contributed by atoms with E-state index in [0.29, 0.717) is 6.04 Å². The standard InChI is InChI=1S/C11H17N3O/c1-10(2)9(11(10,3)4)13-7-5-8(15)14-12-6-7/h5-6,9H,1-4H3,(H2,13,14,15). The number of nitrogens with zero attached hydrogens (tertiary/aromatic N) is 1. The number of anilines is 1. The van der Waals surface area contributed by atoms with E-state index in [0.717, 1.165) is 5.69 Å². The van der Waals surface area contributed by atoms with Crippen LogP contribution in [0.5, 0.6) is 0 Å². The van der Waals surface area contributed by atoms with Gasteiger partial charge in [-0.15, -0.1) is 0 Å². The quantitative estimate of drug-likeness (QED) is 0.774. The molecule has 1 aliphatic carbocycles. The molecule has 2 N–H and O–H groups in total. The lowest BCUT2D eigenvalue weighted by molar-refractivity contribution is 0.457. The smallest absolute Gasteiger partial charge is 0.266 e. The van der Waals surface area contributed by atoms with Gasteiger partial charge in [-0.05, 0) is 10.8 Å². The summed E-state index contributed by atoms with van der Waals surface area (Å²) in [5, 5.41) is 9.48. The minimum atomic E-state index is -0.170. The number of H-pyrrole nitrogens is 1. The molecule has 2 rings (SSSR count). The Kier molecular flexibility index (Phi) is 1.93. The fraction of sp³-hybridized carbons (Fsp3) is 0.636. The molecule has 0 spiro atoms. The molecule has 1 aliphatic rings. The number of aromatic nitrogens is 2. The third-order valence-corrected chi connectivity index (χ3v) is 4.00. The highest BCUT2D eigenvalue weighted by Crippen LogP contribution is 2.63. The van der Waals surface area contributed by atoms with Gasteiger partial charge in [-0.3, -0.25) is 4.79 Å². The summed E-state index contributed by atoms with van der Waals surface area (Å²) in [5.41, 5.74) is 1.14. The van der Waals surface area contributed by atoms with Crippen LogP contribution in [-0.4, -0.2) is 16.2 Å². The van der Waals surface area contributed by atoms with E-state index < -0.39 is 0 Å². The predicted octanol–water partition coefficient (Wildman–Crippen LogP) is 1.62. The van der Waals surface area contributed by atoms with Crippen LogP contribution in [0.15, 0.2) is 17.1 Å². The average Bonchev–Trinajstić information content (AvgIpc) is 2.48. The second-order valence-corrected chi connectivity index (χ2v) is 5.35. The van der Waals surface area contributed by atoms with E-state index in [1.54, 1.807) is 6.20 Å². The molecule has 1 aromatic heterocycles. The van der Waals surface area contributed by atoms with Crippen LogP contribution in [0.25, 0.3) is 0 Å². The first kappa shape index (κ1) is 10.2. The second-order valence-electron chi connectivity index (χ2n) is 5.35. The highest BCUT2D eigenvalue weighted by atomic mass is 16.1. The zero-order chi connectivity index (χ0) is 11.3. The first-order valence-corrected chi connectivity index (χ1v) is 5.17. The van der Waals surface area contributed by atoms with Crippen molar-refractivity contribution < 1.29 is 0 Å². The zero-order valence-electron chi connectivity index (χ0n) is 9.59. The fourth-order valence-electron chi connectivity index (χ4n) is 2.18. The first-order valence-electron chi connectivity index (χ1n) is 5.17. The molecule has 0 aliphatic heterocycles. The van der Waals surface area contributed by atoms with Crippen molar-refractivity contribution in [2.45, 2.75) is 33.7 Å². The topological polar surface area (TPSA) is 57.8 Å². The van der Waals surface area contributed by atoms with Crippen LogP contribution in [0.1, 0.15) is 27.7 Å². The van der Waals surface area contributed by atoms with Crippen LogP contribution in [-0.2, 0) is 0 Å². The van der Waals surface area contributed by atoms with Gasteiger partial charge in [0.2, 0.25) is 0 Å². The van der Waals surface area contributed by atoms with Gasteiger partial charge in [0.25, 0.3) is 5.56 Å². The fourth-order valence-corrected chi connectivity index (χ4v) is 2.18. The maximum absolute atomic E-state index is 11.1. The van der Waals surface area contributed by atoms with Crippen molar-refractivity contribution in [2.24, 2.45) is 10.8 Å². The van der Waals surface area contributed by atoms with Crippen molar-refractivity contribution in [1.82, 2.24) is 10.2 Å². The molecule has 1 aromatic rings. The molecular formula is C11H17N3O. The van der Waals surface area contributed by atoms with Crippen LogP contribution < -0.4 is 10.9 Å². The van der Waals surface area contributed by atoms with Crippen LogP contribution in [0.2, 0.25) is 0 Å². The molecule has 4 heteroatoms. The Morgan fingerprint density at radius 1 is 1.33 bits per heavy atom. The molecule has 0 saturated heterocycles. The third kappa shape index (κ3) is 1.44. The summed E-state index contributed by atoms with van der Waals surface area (Å²) < 4.78 is 0. The maximum atomic E-state index is 11.1. The number of aromatic amines is 1. The molecule has 4 nitrogen and oxygen atoms in total. The summed E-state index contributed by atoms with van der Waals surface area (Å²) >= 11 is 0. The molecule has 1 heterocycles. The molecule has 0 bridgehead atoms. The molecule has 15 heavy (non-hydrogen) atoms. The van der Waals surface area contributed by atoms with Crippen LogP contribution in [0.3, 0.4) is 0 Å². The predicted molar refractivity (Wildman–Crippen MR) is 59.8 cm³/mol. The Balaban J connectivity index is 2.16. The van der Waals surface area contributed by atoms with Crippen molar-refractivity contribution in [3.05, 3.63) is 22.6 Å². The summed E-state index contributed by atoms with van der Waals surface area (Å²) in [6.07, 6.45) is 1.64. The molecular weight excluding hydrogens is 190 g/mol. The Morgan fingerprint density at radius 3 is 2.40 bits per heavy atom. The second kappa shape index (κ2) is 2.84. The molecule has 0 radical (unpaired) electrons. The molecule has 1 saturated carbocycles. The monoisotopic (exact) mass is 207 g/mol. The van der Waals surface area contributed by atoms with E-state index in [9.17, 15) is 4.79 Å². The minimum Gasteiger partial charge on any atom is -0.380 e. The normalized spacial score (nSPS) is 22.4. The summed E-state index contributed by atoms with van der Waals surface area (Å²) in [5.74, 6) is 0. The molecule has 1 fully saturated rings. The summed E-state index contributed by atoms with van der Waals surface area (Å²) in [4.78, 5) is 11.1. The van der Waals surface area contributed by atoms with E-state index >= 15 is 0 Å². The van der Waals surface area contributed by atoms with Gasteiger partial charge in [0.1, 0.15) is 0 Å². The van der Waals surface area contributed by atoms with Crippen molar-refractivity contribution in [3.8, 4) is 0 Å². The van der Waals surface area contributed by atoms with Crippen molar-refractivity contribution >= 4 is 5.69 Å². The van der Waals surface area contributed by atoms with E-state index in [1.165, 1.54) is 6.07 Å². The number of rotatable bonds is 2. The number of hydrogen-bond donors (Lipinski definition) is 2. The summed E-state index contributed by atoms with van der Waals surface area (Å²) in [6, 6.07) is 1.94. The van der Waals surface area contributed by atoms with Crippen LogP contribution in [0, 0.1) is 10.8 Å². The molecule has 0 atom stereocenters. The minimum absolute atomic E-state index is 0.170.